The van der Waals surface area contributed by atoms with E-state index in [2.05, 4.69) is 57.0 Å². The molecular formula is C17H16BrNOS. The molecule has 0 amide bonds. The number of nitrogens with one attached hydrogen (secondary N) is 1. The summed E-state index contributed by atoms with van der Waals surface area (Å²) < 4.78 is 7.70. The second-order valence-corrected chi connectivity index (χ2v) is 6.58. The number of benzene rings is 2. The van der Waals surface area contributed by atoms with E-state index in [0.717, 1.165) is 22.3 Å². The van der Waals surface area contributed by atoms with E-state index in [1.165, 1.54) is 15.6 Å². The van der Waals surface area contributed by atoms with Crippen molar-refractivity contribution in [3.05, 3.63) is 63.4 Å². The van der Waals surface area contributed by atoms with Crippen molar-refractivity contribution < 1.29 is 4.74 Å². The fourth-order valence-electron chi connectivity index (χ4n) is 2.38. The van der Waals surface area contributed by atoms with Crippen molar-refractivity contribution >= 4 is 43.0 Å². The predicted octanol–water partition coefficient (Wildman–Crippen LogP) is 5.42. The first-order chi connectivity index (χ1) is 10.3. The van der Waals surface area contributed by atoms with Gasteiger partial charge in [0, 0.05) is 34.1 Å². The molecule has 0 radical (unpaired) electrons. The van der Waals surface area contributed by atoms with Gasteiger partial charge in [-0.05, 0) is 34.5 Å². The van der Waals surface area contributed by atoms with Crippen molar-refractivity contribution in [2.24, 2.45) is 0 Å². The number of anilines is 1. The minimum atomic E-state index is 0.591. The number of rotatable bonds is 5. The normalized spacial score (nSPS) is 11.0. The predicted molar refractivity (Wildman–Crippen MR) is 94.0 cm³/mol. The van der Waals surface area contributed by atoms with Crippen LogP contribution in [0.1, 0.15) is 11.1 Å². The lowest BCUT2D eigenvalue weighted by Gasteiger charge is -2.13. The highest BCUT2D eigenvalue weighted by Crippen LogP contribution is 2.29. The van der Waals surface area contributed by atoms with Crippen molar-refractivity contribution in [1.82, 2.24) is 0 Å². The maximum Gasteiger partial charge on any atom is 0.0744 e. The van der Waals surface area contributed by atoms with Crippen molar-refractivity contribution in [2.75, 3.05) is 12.4 Å². The Bertz CT molecular complexity index is 753. The molecule has 0 spiro atoms. The van der Waals surface area contributed by atoms with Crippen molar-refractivity contribution in [3.8, 4) is 0 Å². The van der Waals surface area contributed by atoms with Gasteiger partial charge in [0.25, 0.3) is 0 Å². The van der Waals surface area contributed by atoms with Crippen LogP contribution in [0.5, 0.6) is 0 Å². The van der Waals surface area contributed by atoms with Gasteiger partial charge in [-0.15, -0.1) is 11.3 Å². The van der Waals surface area contributed by atoms with Gasteiger partial charge in [0.1, 0.15) is 0 Å². The van der Waals surface area contributed by atoms with Gasteiger partial charge in [-0.25, -0.2) is 0 Å². The highest BCUT2D eigenvalue weighted by atomic mass is 79.9. The highest BCUT2D eigenvalue weighted by molar-refractivity contribution is 9.10. The average Bonchev–Trinajstić information content (AvgIpc) is 2.91. The molecule has 21 heavy (non-hydrogen) atoms. The zero-order valence-electron chi connectivity index (χ0n) is 11.7. The van der Waals surface area contributed by atoms with Gasteiger partial charge < -0.3 is 10.1 Å². The maximum absolute atomic E-state index is 5.29. The van der Waals surface area contributed by atoms with Crippen LogP contribution in [0.3, 0.4) is 0 Å². The van der Waals surface area contributed by atoms with Crippen LogP contribution in [-0.4, -0.2) is 7.11 Å². The Labute approximate surface area is 136 Å². The summed E-state index contributed by atoms with van der Waals surface area (Å²) >= 11 is 5.38. The number of hydrogen-bond acceptors (Lipinski definition) is 3. The third-order valence-electron chi connectivity index (χ3n) is 3.44. The van der Waals surface area contributed by atoms with Crippen LogP contribution >= 0.6 is 27.3 Å². The van der Waals surface area contributed by atoms with E-state index in [1.54, 1.807) is 18.4 Å². The second-order valence-electron chi connectivity index (χ2n) is 4.81. The highest BCUT2D eigenvalue weighted by Gasteiger charge is 2.08. The Morgan fingerprint density at radius 3 is 2.86 bits per heavy atom. The van der Waals surface area contributed by atoms with Gasteiger partial charge in [-0.3, -0.25) is 0 Å². The lowest BCUT2D eigenvalue weighted by atomic mass is 10.1. The molecule has 0 fully saturated rings. The number of ether oxygens (including phenoxy) is 1. The lowest BCUT2D eigenvalue weighted by molar-refractivity contribution is 0.185. The lowest BCUT2D eigenvalue weighted by Crippen LogP contribution is -2.03. The number of methoxy groups -OCH3 is 1. The molecular weight excluding hydrogens is 346 g/mol. The number of thiophene rings is 1. The molecule has 0 unspecified atom stereocenters. The Morgan fingerprint density at radius 1 is 1.14 bits per heavy atom. The molecule has 1 aromatic heterocycles. The molecule has 4 heteroatoms. The largest absolute Gasteiger partial charge is 0.381 e. The van der Waals surface area contributed by atoms with E-state index in [4.69, 9.17) is 4.74 Å². The smallest absolute Gasteiger partial charge is 0.0744 e. The first kappa shape index (κ1) is 14.6. The Kier molecular flexibility index (Phi) is 4.58. The molecule has 0 bridgehead atoms. The molecule has 2 nitrogen and oxygen atoms in total. The Morgan fingerprint density at radius 2 is 2.00 bits per heavy atom. The molecule has 0 atom stereocenters. The molecule has 0 saturated heterocycles. The summed E-state index contributed by atoms with van der Waals surface area (Å²) in [5.74, 6) is 0. The number of halogens is 1. The van der Waals surface area contributed by atoms with Crippen LogP contribution in [0.4, 0.5) is 5.69 Å². The van der Waals surface area contributed by atoms with Gasteiger partial charge in [0.2, 0.25) is 0 Å². The molecule has 2 aromatic carbocycles. The summed E-state index contributed by atoms with van der Waals surface area (Å²) in [7, 11) is 1.72. The molecule has 0 aliphatic carbocycles. The molecule has 0 aliphatic heterocycles. The molecule has 3 aromatic rings. The van der Waals surface area contributed by atoms with Crippen LogP contribution < -0.4 is 5.32 Å². The van der Waals surface area contributed by atoms with Gasteiger partial charge in [0.05, 0.1) is 6.61 Å². The van der Waals surface area contributed by atoms with E-state index >= 15 is 0 Å². The van der Waals surface area contributed by atoms with Gasteiger partial charge >= 0.3 is 0 Å². The zero-order chi connectivity index (χ0) is 14.7. The van der Waals surface area contributed by atoms with Crippen LogP contribution in [0.2, 0.25) is 0 Å². The Hall–Kier alpha value is -1.36. The van der Waals surface area contributed by atoms with Gasteiger partial charge in [-0.2, -0.15) is 0 Å². The van der Waals surface area contributed by atoms with E-state index < -0.39 is 0 Å². The summed E-state index contributed by atoms with van der Waals surface area (Å²) in [4.78, 5) is 0. The topological polar surface area (TPSA) is 21.3 Å². The maximum atomic E-state index is 5.29. The molecule has 0 aliphatic rings. The number of fused-ring (bicyclic) bond motifs is 1. The molecule has 0 saturated carbocycles. The molecule has 3 rings (SSSR count). The van der Waals surface area contributed by atoms with Crippen LogP contribution in [0.25, 0.3) is 10.1 Å². The third kappa shape index (κ3) is 3.12. The standard InChI is InChI=1S/C17H16BrNOS/c1-20-10-14-15(18)6-4-7-16(14)19-9-12-11-21-17-8-3-2-5-13(12)17/h2-8,11,19H,9-10H2,1H3. The summed E-state index contributed by atoms with van der Waals surface area (Å²) in [5.41, 5.74) is 3.60. The van der Waals surface area contributed by atoms with Gasteiger partial charge in [0.15, 0.2) is 0 Å². The third-order valence-corrected chi connectivity index (χ3v) is 5.19. The summed E-state index contributed by atoms with van der Waals surface area (Å²) in [6, 6.07) is 14.7. The van der Waals surface area contributed by atoms with Crippen LogP contribution in [0, 0.1) is 0 Å². The molecule has 1 heterocycles. The zero-order valence-corrected chi connectivity index (χ0v) is 14.1. The molecule has 1 N–H and O–H groups in total. The fourth-order valence-corrected chi connectivity index (χ4v) is 3.82. The summed E-state index contributed by atoms with van der Waals surface area (Å²) in [6.07, 6.45) is 0. The average molecular weight is 362 g/mol. The van der Waals surface area contributed by atoms with Crippen LogP contribution in [-0.2, 0) is 17.9 Å². The minimum Gasteiger partial charge on any atom is -0.381 e. The first-order valence-electron chi connectivity index (χ1n) is 6.75. The SMILES string of the molecule is COCc1c(Br)cccc1NCc1csc2ccccc12. The second kappa shape index (κ2) is 6.60. The molecule has 108 valence electrons. The Balaban J connectivity index is 1.83. The van der Waals surface area contributed by atoms with Gasteiger partial charge in [-0.1, -0.05) is 40.2 Å². The van der Waals surface area contributed by atoms with E-state index in [1.807, 2.05) is 12.1 Å². The van der Waals surface area contributed by atoms with Crippen molar-refractivity contribution in [3.63, 3.8) is 0 Å². The summed E-state index contributed by atoms with van der Waals surface area (Å²) in [5, 5.41) is 7.09. The van der Waals surface area contributed by atoms with Crippen molar-refractivity contribution in [2.45, 2.75) is 13.2 Å². The van der Waals surface area contributed by atoms with E-state index in [0.29, 0.717) is 6.61 Å². The number of hydrogen-bond donors (Lipinski definition) is 1. The van der Waals surface area contributed by atoms with E-state index in [9.17, 15) is 0 Å². The van der Waals surface area contributed by atoms with E-state index in [-0.39, 0.29) is 0 Å². The first-order valence-corrected chi connectivity index (χ1v) is 8.42. The monoisotopic (exact) mass is 361 g/mol. The minimum absolute atomic E-state index is 0.591. The summed E-state index contributed by atoms with van der Waals surface area (Å²) in [6.45, 7) is 1.41. The van der Waals surface area contributed by atoms with Crippen molar-refractivity contribution in [1.29, 1.82) is 0 Å². The quantitative estimate of drug-likeness (QED) is 0.654. The van der Waals surface area contributed by atoms with Crippen LogP contribution in [0.15, 0.2) is 52.3 Å². The fraction of sp³-hybridized carbons (Fsp3) is 0.176.